The van der Waals surface area contributed by atoms with Crippen LogP contribution >= 0.6 is 0 Å². The molecule has 5 aromatic rings. The number of benzene rings is 2. The number of aromatic amines is 1. The molecule has 2 aromatic carbocycles. The average Bonchev–Trinajstić information content (AvgIpc) is 3.42. The number of carbonyl (C=O) groups is 1. The van der Waals surface area contributed by atoms with Crippen molar-refractivity contribution in [3.8, 4) is 17.2 Å². The predicted molar refractivity (Wildman–Crippen MR) is 129 cm³/mol. The number of H-pyrrole nitrogens is 1. The minimum Gasteiger partial charge on any atom is -0.346 e. The van der Waals surface area contributed by atoms with E-state index in [9.17, 15) is 4.79 Å². The Morgan fingerprint density at radius 2 is 1.97 bits per heavy atom. The fraction of sp³-hybridized carbons (Fsp3) is 0.154. The van der Waals surface area contributed by atoms with Gasteiger partial charge in [-0.2, -0.15) is 5.26 Å². The Hall–Kier alpha value is -4.44. The predicted octanol–water partition coefficient (Wildman–Crippen LogP) is 5.46. The number of nitrogens with zero attached hydrogens (tertiary/aromatic N) is 4. The summed E-state index contributed by atoms with van der Waals surface area (Å²) in [5.41, 5.74) is 6.11. The highest BCUT2D eigenvalue weighted by molar-refractivity contribution is 6.06. The summed E-state index contributed by atoms with van der Waals surface area (Å²) < 4.78 is 2.17. The SMILES string of the molecule is CC(C)(C)n1cnc2ccc(-c3c[nH]c4ncc(NC(=O)c5cccc(C#N)c5)cc34)cc21. The number of hydrogen-bond acceptors (Lipinski definition) is 4. The summed E-state index contributed by atoms with van der Waals surface area (Å²) in [5.74, 6) is -0.291. The molecule has 0 fully saturated rings. The van der Waals surface area contributed by atoms with Crippen LogP contribution in [0.15, 0.2) is 67.3 Å². The third-order valence-corrected chi connectivity index (χ3v) is 5.62. The minimum atomic E-state index is -0.291. The number of pyridine rings is 1. The minimum absolute atomic E-state index is 0.0879. The van der Waals surface area contributed by atoms with Crippen LogP contribution in [0.4, 0.5) is 5.69 Å². The second kappa shape index (κ2) is 7.61. The number of hydrogen-bond donors (Lipinski definition) is 2. The summed E-state index contributed by atoms with van der Waals surface area (Å²) >= 11 is 0. The van der Waals surface area contributed by atoms with Crippen molar-refractivity contribution in [3.05, 3.63) is 78.4 Å². The van der Waals surface area contributed by atoms with Gasteiger partial charge in [-0.1, -0.05) is 12.1 Å². The Labute approximate surface area is 190 Å². The van der Waals surface area contributed by atoms with E-state index in [1.165, 1.54) is 0 Å². The first-order chi connectivity index (χ1) is 15.8. The first-order valence-electron chi connectivity index (χ1n) is 10.6. The normalized spacial score (nSPS) is 11.6. The molecule has 0 unspecified atom stereocenters. The van der Waals surface area contributed by atoms with Crippen LogP contribution in [0.1, 0.15) is 36.7 Å². The number of imidazole rings is 1. The van der Waals surface area contributed by atoms with Crippen molar-refractivity contribution in [2.24, 2.45) is 0 Å². The Balaban J connectivity index is 1.52. The van der Waals surface area contributed by atoms with Crippen LogP contribution in [-0.2, 0) is 5.54 Å². The fourth-order valence-corrected chi connectivity index (χ4v) is 3.95. The molecule has 1 amide bonds. The third kappa shape index (κ3) is 3.72. The molecule has 0 spiro atoms. The van der Waals surface area contributed by atoms with Gasteiger partial charge in [0.1, 0.15) is 5.65 Å². The number of rotatable bonds is 3. The van der Waals surface area contributed by atoms with Gasteiger partial charge in [0.25, 0.3) is 5.91 Å². The molecule has 0 saturated heterocycles. The van der Waals surface area contributed by atoms with Crippen molar-refractivity contribution in [1.29, 1.82) is 5.26 Å². The summed E-state index contributed by atoms with van der Waals surface area (Å²) in [6.07, 6.45) is 5.42. The molecule has 0 aliphatic rings. The first kappa shape index (κ1) is 20.5. The van der Waals surface area contributed by atoms with E-state index in [-0.39, 0.29) is 11.4 Å². The van der Waals surface area contributed by atoms with Crippen LogP contribution in [0.2, 0.25) is 0 Å². The maximum atomic E-state index is 12.7. The van der Waals surface area contributed by atoms with Gasteiger partial charge in [0.15, 0.2) is 0 Å². The first-order valence-corrected chi connectivity index (χ1v) is 10.6. The Bertz CT molecular complexity index is 1560. The molecule has 162 valence electrons. The molecule has 0 atom stereocenters. The molecule has 0 radical (unpaired) electrons. The Morgan fingerprint density at radius 3 is 2.76 bits per heavy atom. The van der Waals surface area contributed by atoms with Crippen molar-refractivity contribution in [2.45, 2.75) is 26.3 Å². The largest absolute Gasteiger partial charge is 0.346 e. The van der Waals surface area contributed by atoms with Crippen LogP contribution in [0, 0.1) is 11.3 Å². The van der Waals surface area contributed by atoms with Gasteiger partial charge in [0.2, 0.25) is 0 Å². The second-order valence-electron chi connectivity index (χ2n) is 8.96. The van der Waals surface area contributed by atoms with Gasteiger partial charge in [0, 0.05) is 28.2 Å². The number of fused-ring (bicyclic) bond motifs is 2. The number of aromatic nitrogens is 4. The molecule has 2 N–H and O–H groups in total. The highest BCUT2D eigenvalue weighted by atomic mass is 16.1. The zero-order valence-corrected chi connectivity index (χ0v) is 18.5. The molecule has 3 aromatic heterocycles. The topological polar surface area (TPSA) is 99.4 Å². The molecule has 0 saturated carbocycles. The lowest BCUT2D eigenvalue weighted by Crippen LogP contribution is -2.20. The van der Waals surface area contributed by atoms with Crippen LogP contribution in [0.3, 0.4) is 0 Å². The van der Waals surface area contributed by atoms with Gasteiger partial charge in [-0.15, -0.1) is 0 Å². The number of carbonyl (C=O) groups excluding carboxylic acids is 1. The summed E-state index contributed by atoms with van der Waals surface area (Å²) in [6, 6.07) is 16.8. The van der Waals surface area contributed by atoms with Gasteiger partial charge in [-0.05, 0) is 62.7 Å². The van der Waals surface area contributed by atoms with Crippen LogP contribution in [-0.4, -0.2) is 25.4 Å². The number of amides is 1. The number of nitrogens with one attached hydrogen (secondary N) is 2. The van der Waals surface area contributed by atoms with E-state index < -0.39 is 0 Å². The van der Waals surface area contributed by atoms with E-state index in [1.807, 2.05) is 30.7 Å². The lowest BCUT2D eigenvalue weighted by Gasteiger charge is -2.21. The summed E-state index contributed by atoms with van der Waals surface area (Å²) in [5, 5.41) is 12.9. The van der Waals surface area contributed by atoms with Gasteiger partial charge in [0.05, 0.1) is 40.9 Å². The summed E-state index contributed by atoms with van der Waals surface area (Å²) in [6.45, 7) is 6.45. The number of nitriles is 1. The average molecular weight is 435 g/mol. The van der Waals surface area contributed by atoms with E-state index in [1.54, 1.807) is 30.5 Å². The van der Waals surface area contributed by atoms with E-state index in [4.69, 9.17) is 5.26 Å². The zero-order valence-electron chi connectivity index (χ0n) is 18.5. The molecule has 3 heterocycles. The molecule has 0 aliphatic heterocycles. The maximum Gasteiger partial charge on any atom is 0.255 e. The summed E-state index contributed by atoms with van der Waals surface area (Å²) in [7, 11) is 0. The van der Waals surface area contributed by atoms with Crippen LogP contribution in [0.25, 0.3) is 33.2 Å². The van der Waals surface area contributed by atoms with Crippen LogP contribution < -0.4 is 5.32 Å². The van der Waals surface area contributed by atoms with E-state index in [0.29, 0.717) is 16.8 Å². The molecular weight excluding hydrogens is 412 g/mol. The van der Waals surface area contributed by atoms with E-state index in [0.717, 1.165) is 33.2 Å². The second-order valence-corrected chi connectivity index (χ2v) is 8.96. The van der Waals surface area contributed by atoms with Crippen molar-refractivity contribution in [2.75, 3.05) is 5.32 Å². The molecule has 0 aliphatic carbocycles. The van der Waals surface area contributed by atoms with Crippen LogP contribution in [0.5, 0.6) is 0 Å². The lowest BCUT2D eigenvalue weighted by molar-refractivity contribution is 0.102. The third-order valence-electron chi connectivity index (χ3n) is 5.62. The van der Waals surface area contributed by atoms with Crippen molar-refractivity contribution in [3.63, 3.8) is 0 Å². The Morgan fingerprint density at radius 1 is 1.12 bits per heavy atom. The molecule has 33 heavy (non-hydrogen) atoms. The van der Waals surface area contributed by atoms with Gasteiger partial charge >= 0.3 is 0 Å². The lowest BCUT2D eigenvalue weighted by atomic mass is 10.0. The fourth-order valence-electron chi connectivity index (χ4n) is 3.95. The molecule has 5 rings (SSSR count). The highest BCUT2D eigenvalue weighted by Crippen LogP contribution is 2.32. The molecule has 7 heteroatoms. The van der Waals surface area contributed by atoms with Gasteiger partial charge in [-0.3, -0.25) is 4.79 Å². The quantitative estimate of drug-likeness (QED) is 0.394. The number of anilines is 1. The molecule has 7 nitrogen and oxygen atoms in total. The van der Waals surface area contributed by atoms with Crippen molar-refractivity contribution >= 4 is 33.7 Å². The molecule has 0 bridgehead atoms. The zero-order chi connectivity index (χ0) is 23.2. The Kier molecular flexibility index (Phi) is 4.72. The van der Waals surface area contributed by atoms with E-state index >= 15 is 0 Å². The molecular formula is C26H22N6O. The highest BCUT2D eigenvalue weighted by Gasteiger charge is 2.17. The standard InChI is InChI=1S/C26H22N6O/c1-26(2,3)32-15-30-22-8-7-17(10-23(22)32)21-14-29-24-20(21)11-19(13-28-24)31-25(33)18-6-4-5-16(9-18)12-27/h4-11,13-15H,1-3H3,(H,28,29)(H,31,33). The van der Waals surface area contributed by atoms with E-state index in [2.05, 4.69) is 57.7 Å². The van der Waals surface area contributed by atoms with Gasteiger partial charge in [-0.25, -0.2) is 9.97 Å². The van der Waals surface area contributed by atoms with Crippen molar-refractivity contribution in [1.82, 2.24) is 19.5 Å². The monoisotopic (exact) mass is 434 g/mol. The van der Waals surface area contributed by atoms with Crippen molar-refractivity contribution < 1.29 is 4.79 Å². The maximum absolute atomic E-state index is 12.7. The van der Waals surface area contributed by atoms with Gasteiger partial charge < -0.3 is 14.9 Å². The summed E-state index contributed by atoms with van der Waals surface area (Å²) in [4.78, 5) is 24.9. The smallest absolute Gasteiger partial charge is 0.255 e.